The van der Waals surface area contributed by atoms with E-state index < -0.39 is 96.9 Å². The fourth-order valence-electron chi connectivity index (χ4n) is 9.17. The van der Waals surface area contributed by atoms with Crippen LogP contribution in [0.1, 0.15) is 87.0 Å². The summed E-state index contributed by atoms with van der Waals surface area (Å²) in [6.07, 6.45) is 6.73. The van der Waals surface area contributed by atoms with Gasteiger partial charge in [-0.25, -0.2) is 9.59 Å². The molecule has 0 saturated carbocycles. The van der Waals surface area contributed by atoms with Crippen LogP contribution in [0.25, 0.3) is 0 Å². The van der Waals surface area contributed by atoms with Crippen LogP contribution >= 0.6 is 0 Å². The number of carboxylic acid groups (broad SMARTS) is 1. The number of carbonyl (C=O) groups is 4. The Morgan fingerprint density at radius 1 is 0.776 bits per heavy atom. The maximum absolute atomic E-state index is 13.7. The zero-order valence-corrected chi connectivity index (χ0v) is 42.3. The summed E-state index contributed by atoms with van der Waals surface area (Å²) in [5.74, 6) is -4.75. The molecule has 17 atom stereocenters. The number of aliphatic hydroxyl groups excluding tert-OH is 2. The Bertz CT molecular complexity index is 1690. The first kappa shape index (κ1) is 59.5. The van der Waals surface area contributed by atoms with E-state index in [2.05, 4.69) is 0 Å². The number of carboxylic acids is 1. The van der Waals surface area contributed by atoms with E-state index in [-0.39, 0.29) is 48.7 Å². The van der Waals surface area contributed by atoms with Crippen LogP contribution in [0.4, 0.5) is 0 Å². The highest BCUT2D eigenvalue weighted by Gasteiger charge is 2.43. The molecule has 15 unspecified atom stereocenters. The van der Waals surface area contributed by atoms with Crippen molar-refractivity contribution >= 4 is 23.7 Å². The van der Waals surface area contributed by atoms with Gasteiger partial charge in [-0.15, -0.1) is 0 Å². The Balaban J connectivity index is 2.59. The Hall–Kier alpha value is -3.58. The summed E-state index contributed by atoms with van der Waals surface area (Å²) < 4.78 is 52.6. The molecule has 3 N–H and O–H groups in total. The highest BCUT2D eigenvalue weighted by molar-refractivity contribution is 5.85. The van der Waals surface area contributed by atoms with Gasteiger partial charge in [0.25, 0.3) is 0 Å². The number of rotatable bonds is 17. The predicted octanol–water partition coefficient (Wildman–Crippen LogP) is 6.02. The topological polar surface area (TPSA) is 212 Å². The van der Waals surface area contributed by atoms with Crippen LogP contribution in [-0.2, 0) is 61.8 Å². The summed E-state index contributed by atoms with van der Waals surface area (Å²) in [5, 5.41) is 32.4. The number of aliphatic hydroxyl groups is 2. The number of ketones is 1. The summed E-state index contributed by atoms with van der Waals surface area (Å²) in [7, 11) is 10.6. The SMILES string of the molecule is COC1C=CC(C)C(C(C)C(OC)C(C)CCC(=O)C(C)C(CC(=O)O)OC)OC(=O)C=CC=C(C)CC(OC)C(OC)C2=CC(=O)O[C@@H](C(C)C(OC)CC(OC)C=CC(C)C(O)C1)[C@H]2O. The number of Topliss-reactive ketones (excluding diaryl/α,β-unsaturated/α-hetero) is 1. The van der Waals surface area contributed by atoms with Crippen molar-refractivity contribution < 1.29 is 77.1 Å². The van der Waals surface area contributed by atoms with Gasteiger partial charge < -0.3 is 58.0 Å². The molecule has 0 aromatic heterocycles. The Kier molecular flexibility index (Phi) is 26.8. The lowest BCUT2D eigenvalue weighted by molar-refractivity contribution is -0.162. The van der Waals surface area contributed by atoms with Crippen LogP contribution in [0, 0.1) is 35.5 Å². The molecular formula is C51H82O16. The maximum atomic E-state index is 13.7. The molecule has 0 saturated heterocycles. The third-order valence-corrected chi connectivity index (χ3v) is 13.6. The second-order valence-electron chi connectivity index (χ2n) is 18.3. The molecule has 0 aliphatic carbocycles. The largest absolute Gasteiger partial charge is 0.481 e. The number of allylic oxidation sites excluding steroid dienone is 2. The maximum Gasteiger partial charge on any atom is 0.331 e. The molecule has 0 aromatic rings. The van der Waals surface area contributed by atoms with E-state index in [1.54, 1.807) is 47.5 Å². The number of aliphatic carboxylic acids is 1. The highest BCUT2D eigenvalue weighted by atomic mass is 16.6. The van der Waals surface area contributed by atoms with Crippen molar-refractivity contribution in [3.63, 3.8) is 0 Å². The normalized spacial score (nSPS) is 32.2. The first-order valence-corrected chi connectivity index (χ1v) is 23.3. The molecule has 2 rings (SSSR count). The van der Waals surface area contributed by atoms with Gasteiger partial charge in [0, 0.05) is 116 Å². The fraction of sp³-hybridized carbons (Fsp3) is 0.725. The highest BCUT2D eigenvalue weighted by Crippen LogP contribution is 2.34. The van der Waals surface area contributed by atoms with E-state index >= 15 is 0 Å². The fourth-order valence-corrected chi connectivity index (χ4v) is 9.17. The lowest BCUT2D eigenvalue weighted by atomic mass is 9.81. The third kappa shape index (κ3) is 18.4. The van der Waals surface area contributed by atoms with Crippen LogP contribution in [0.2, 0.25) is 0 Å². The molecule has 0 spiro atoms. The van der Waals surface area contributed by atoms with Gasteiger partial charge in [0.05, 0.1) is 49.1 Å². The molecule has 2 aliphatic heterocycles. The van der Waals surface area contributed by atoms with E-state index in [0.717, 1.165) is 5.57 Å². The Morgan fingerprint density at radius 3 is 1.94 bits per heavy atom. The summed E-state index contributed by atoms with van der Waals surface area (Å²) in [4.78, 5) is 51.3. The van der Waals surface area contributed by atoms with Crippen molar-refractivity contribution in [2.45, 2.75) is 154 Å². The molecule has 0 radical (unpaired) electrons. The van der Waals surface area contributed by atoms with Gasteiger partial charge in [0.15, 0.2) is 0 Å². The van der Waals surface area contributed by atoms with Gasteiger partial charge in [0.1, 0.15) is 30.2 Å². The van der Waals surface area contributed by atoms with Crippen LogP contribution in [0.15, 0.2) is 59.8 Å². The second kappa shape index (κ2) is 30.1. The summed E-state index contributed by atoms with van der Waals surface area (Å²) in [6.45, 7) is 13.1. The predicted molar refractivity (Wildman–Crippen MR) is 252 cm³/mol. The zero-order chi connectivity index (χ0) is 50.5. The van der Waals surface area contributed by atoms with Crippen molar-refractivity contribution in [1.29, 1.82) is 0 Å². The molecule has 16 nitrogen and oxygen atoms in total. The van der Waals surface area contributed by atoms with Crippen molar-refractivity contribution in [3.05, 3.63) is 59.8 Å². The lowest BCUT2D eigenvalue weighted by Crippen LogP contribution is -2.50. The molecule has 2 heterocycles. The van der Waals surface area contributed by atoms with Crippen molar-refractivity contribution in [3.8, 4) is 0 Å². The minimum Gasteiger partial charge on any atom is -0.481 e. The van der Waals surface area contributed by atoms with Gasteiger partial charge >= 0.3 is 17.9 Å². The van der Waals surface area contributed by atoms with E-state index in [0.29, 0.717) is 24.8 Å². The molecule has 16 heteroatoms. The van der Waals surface area contributed by atoms with Gasteiger partial charge in [-0.05, 0) is 25.7 Å². The van der Waals surface area contributed by atoms with Crippen LogP contribution in [0.5, 0.6) is 0 Å². The van der Waals surface area contributed by atoms with Crippen molar-refractivity contribution in [1.82, 2.24) is 0 Å². The van der Waals surface area contributed by atoms with Crippen molar-refractivity contribution in [2.75, 3.05) is 49.8 Å². The summed E-state index contributed by atoms with van der Waals surface area (Å²) >= 11 is 0. The van der Waals surface area contributed by atoms with Gasteiger partial charge in [0.2, 0.25) is 0 Å². The smallest absolute Gasteiger partial charge is 0.331 e. The summed E-state index contributed by atoms with van der Waals surface area (Å²) in [6, 6.07) is 0. The van der Waals surface area contributed by atoms with E-state index in [1.165, 1.54) is 33.5 Å². The zero-order valence-electron chi connectivity index (χ0n) is 42.3. The number of ether oxygens (including phenoxy) is 9. The van der Waals surface area contributed by atoms with E-state index in [9.17, 15) is 34.5 Å². The molecule has 67 heavy (non-hydrogen) atoms. The minimum atomic E-state index is -1.25. The average Bonchev–Trinajstić information content (AvgIpc) is 3.30. The summed E-state index contributed by atoms with van der Waals surface area (Å²) in [5.41, 5.74) is 1.10. The molecular weight excluding hydrogens is 869 g/mol. The first-order chi connectivity index (χ1) is 31.7. The minimum absolute atomic E-state index is 0.119. The first-order valence-electron chi connectivity index (χ1n) is 23.3. The number of carbonyl (C=O) groups excluding carboxylic acids is 3. The number of hydrogen-bond donors (Lipinski definition) is 3. The molecule has 0 aromatic carbocycles. The Morgan fingerprint density at radius 2 is 1.39 bits per heavy atom. The standard InChI is InChI=1S/C51H82O16/c1-29-16-15-17-45(56)66-49(35(7)48(64-13)31(3)20-23-39(52)33(5)42(62-11)28-44(54)55)32(4)19-22-36(59-8)25-40(53)30(2)18-21-37(60-9)26-41(61-10)34(6)50-47(58)38(27-46(57)67-50)51(65-14)43(24-29)63-12/h15-19,21-22,27,30-37,40-43,47-51,53,58H,20,23-26,28H2,1-14H3,(H,54,55)/t30?,31?,32?,33?,34?,35?,36?,37?,40?,41?,42?,43?,47-,48?,49?,50-,51?/m0/s1. The molecule has 0 fully saturated rings. The van der Waals surface area contributed by atoms with Gasteiger partial charge in [-0.2, -0.15) is 0 Å². The van der Waals surface area contributed by atoms with Crippen molar-refractivity contribution in [2.24, 2.45) is 35.5 Å². The van der Waals surface area contributed by atoms with Gasteiger partial charge in [-0.1, -0.05) is 83.6 Å². The Labute approximate surface area is 399 Å². The quantitative estimate of drug-likeness (QED) is 0.112. The number of cyclic esters (lactones) is 1. The number of fused-ring (bicyclic) bond motifs is 2. The third-order valence-electron chi connectivity index (χ3n) is 13.6. The monoisotopic (exact) mass is 951 g/mol. The molecule has 2 aliphatic rings. The van der Waals surface area contributed by atoms with Gasteiger partial charge in [-0.3, -0.25) is 9.59 Å². The number of hydrogen-bond acceptors (Lipinski definition) is 15. The van der Waals surface area contributed by atoms with Crippen LogP contribution in [0.3, 0.4) is 0 Å². The second-order valence-corrected chi connectivity index (χ2v) is 18.3. The van der Waals surface area contributed by atoms with Crippen LogP contribution < -0.4 is 0 Å². The van der Waals surface area contributed by atoms with E-state index in [4.69, 9.17) is 42.6 Å². The van der Waals surface area contributed by atoms with E-state index in [1.807, 2.05) is 65.8 Å². The average molecular weight is 951 g/mol. The molecule has 0 amide bonds. The number of esters is 2. The van der Waals surface area contributed by atoms with Crippen LogP contribution in [-0.4, -0.2) is 156 Å². The lowest BCUT2D eigenvalue weighted by Gasteiger charge is -2.39. The number of methoxy groups -OCH3 is 7. The molecule has 2 bridgehead atoms. The molecule has 382 valence electrons.